The number of methoxy groups -OCH3 is 1. The Morgan fingerprint density at radius 1 is 1.47 bits per heavy atom. The lowest BCUT2D eigenvalue weighted by atomic mass is 10.2. The summed E-state index contributed by atoms with van der Waals surface area (Å²) < 4.78 is 9.96. The zero-order valence-electron chi connectivity index (χ0n) is 10.1. The van der Waals surface area contributed by atoms with Crippen molar-refractivity contribution in [2.75, 3.05) is 31.8 Å². The molecule has 0 saturated carbocycles. The Hall–Kier alpha value is -1.20. The highest BCUT2D eigenvalue weighted by molar-refractivity contribution is 7.99. The summed E-state index contributed by atoms with van der Waals surface area (Å²) in [4.78, 5) is 12.6. The normalized spacial score (nSPS) is 10.2. The van der Waals surface area contributed by atoms with Crippen LogP contribution in [0.2, 0.25) is 0 Å². The molecule has 1 aromatic rings. The second-order valence-corrected chi connectivity index (χ2v) is 4.45. The van der Waals surface area contributed by atoms with Gasteiger partial charge in [-0.2, -0.15) is 0 Å². The quantitative estimate of drug-likeness (QED) is 0.365. The van der Waals surface area contributed by atoms with Crippen molar-refractivity contribution in [3.05, 3.63) is 23.8 Å². The van der Waals surface area contributed by atoms with Gasteiger partial charge in [0.2, 0.25) is 0 Å². The molecule has 0 aliphatic heterocycles. The molecule has 0 bridgehead atoms. The lowest BCUT2D eigenvalue weighted by molar-refractivity contribution is 0.0522. The summed E-state index contributed by atoms with van der Waals surface area (Å²) >= 11 is 1.55. The summed E-state index contributed by atoms with van der Waals surface area (Å²) in [6.07, 6.45) is 0. The summed E-state index contributed by atoms with van der Waals surface area (Å²) in [5.41, 5.74) is 6.76. The first-order chi connectivity index (χ1) is 8.19. The fraction of sp³-hybridized carbons (Fsp3) is 0.417. The van der Waals surface area contributed by atoms with E-state index in [-0.39, 0.29) is 5.97 Å². The molecule has 0 radical (unpaired) electrons. The number of ether oxygens (including phenoxy) is 2. The molecule has 1 aromatic carbocycles. The number of rotatable bonds is 6. The van der Waals surface area contributed by atoms with Gasteiger partial charge in [0.05, 0.1) is 18.8 Å². The maximum absolute atomic E-state index is 11.7. The van der Waals surface area contributed by atoms with Crippen LogP contribution in [0.1, 0.15) is 17.3 Å². The first-order valence-corrected chi connectivity index (χ1v) is 6.36. The van der Waals surface area contributed by atoms with Crippen molar-refractivity contribution in [2.45, 2.75) is 11.8 Å². The first-order valence-electron chi connectivity index (χ1n) is 5.37. The van der Waals surface area contributed by atoms with Gasteiger partial charge in [-0.25, -0.2) is 4.79 Å². The number of nitrogen functional groups attached to an aromatic ring is 1. The van der Waals surface area contributed by atoms with Crippen LogP contribution in [0.25, 0.3) is 0 Å². The summed E-state index contributed by atoms with van der Waals surface area (Å²) in [6, 6.07) is 5.26. The van der Waals surface area contributed by atoms with Gasteiger partial charge < -0.3 is 15.2 Å². The van der Waals surface area contributed by atoms with Gasteiger partial charge in [0.15, 0.2) is 0 Å². The lowest BCUT2D eigenvalue weighted by Gasteiger charge is -2.09. The highest BCUT2D eigenvalue weighted by atomic mass is 32.2. The number of benzene rings is 1. The lowest BCUT2D eigenvalue weighted by Crippen LogP contribution is -2.07. The second kappa shape index (κ2) is 7.19. The second-order valence-electron chi connectivity index (χ2n) is 3.32. The molecule has 0 spiro atoms. The average molecular weight is 255 g/mol. The number of esters is 1. The molecule has 0 saturated heterocycles. The molecule has 0 unspecified atom stereocenters. The Morgan fingerprint density at radius 2 is 2.24 bits per heavy atom. The van der Waals surface area contributed by atoms with Crippen LogP contribution in [0.4, 0.5) is 5.69 Å². The van der Waals surface area contributed by atoms with E-state index in [0.29, 0.717) is 24.5 Å². The molecule has 2 N–H and O–H groups in total. The van der Waals surface area contributed by atoms with E-state index in [1.54, 1.807) is 37.9 Å². The molecule has 0 atom stereocenters. The van der Waals surface area contributed by atoms with Crippen LogP contribution in [0.5, 0.6) is 0 Å². The molecular weight excluding hydrogens is 238 g/mol. The summed E-state index contributed by atoms with van der Waals surface area (Å²) in [6.45, 7) is 2.77. The molecule has 0 fully saturated rings. The fourth-order valence-corrected chi connectivity index (χ4v) is 2.21. The van der Waals surface area contributed by atoms with Crippen molar-refractivity contribution in [3.8, 4) is 0 Å². The Bertz CT molecular complexity index is 382. The van der Waals surface area contributed by atoms with E-state index in [2.05, 4.69) is 0 Å². The number of anilines is 1. The van der Waals surface area contributed by atoms with Crippen molar-refractivity contribution in [1.82, 2.24) is 0 Å². The molecule has 4 nitrogen and oxygen atoms in total. The van der Waals surface area contributed by atoms with Crippen LogP contribution in [-0.2, 0) is 9.47 Å². The number of nitrogens with two attached hydrogens (primary N) is 1. The van der Waals surface area contributed by atoms with Gasteiger partial charge in [-0.15, -0.1) is 11.8 Å². The monoisotopic (exact) mass is 255 g/mol. The molecule has 0 aliphatic rings. The number of hydrogen-bond donors (Lipinski definition) is 1. The van der Waals surface area contributed by atoms with Gasteiger partial charge in [-0.1, -0.05) is 0 Å². The maximum Gasteiger partial charge on any atom is 0.339 e. The highest BCUT2D eigenvalue weighted by Gasteiger charge is 2.13. The Kier molecular flexibility index (Phi) is 5.86. The van der Waals surface area contributed by atoms with Gasteiger partial charge in [0.1, 0.15) is 0 Å². The SMILES string of the molecule is CCOC(=O)c1cc(N)ccc1SCCOC. The minimum atomic E-state index is -0.334. The number of carbonyl (C=O) groups excluding carboxylic acids is 1. The molecular formula is C12H17NO3S. The zero-order valence-corrected chi connectivity index (χ0v) is 10.9. The Balaban J connectivity index is 2.83. The standard InChI is InChI=1S/C12H17NO3S/c1-3-16-12(14)10-8-9(13)4-5-11(10)17-7-6-15-2/h4-5,8H,3,6-7,13H2,1-2H3. The molecule has 0 amide bonds. The molecule has 0 heterocycles. The van der Waals surface area contributed by atoms with E-state index < -0.39 is 0 Å². The van der Waals surface area contributed by atoms with Crippen molar-refractivity contribution in [3.63, 3.8) is 0 Å². The van der Waals surface area contributed by atoms with Crippen LogP contribution in [0.3, 0.4) is 0 Å². The topological polar surface area (TPSA) is 61.5 Å². The number of hydrogen-bond acceptors (Lipinski definition) is 5. The molecule has 5 heteroatoms. The van der Waals surface area contributed by atoms with Gasteiger partial charge in [0.25, 0.3) is 0 Å². The van der Waals surface area contributed by atoms with Crippen LogP contribution in [0, 0.1) is 0 Å². The summed E-state index contributed by atoms with van der Waals surface area (Å²) in [5.74, 6) is 0.451. The summed E-state index contributed by atoms with van der Waals surface area (Å²) in [5, 5.41) is 0. The van der Waals surface area contributed by atoms with Crippen LogP contribution in [0.15, 0.2) is 23.1 Å². The van der Waals surface area contributed by atoms with E-state index in [1.165, 1.54) is 0 Å². The van der Waals surface area contributed by atoms with Crippen molar-refractivity contribution in [1.29, 1.82) is 0 Å². The van der Waals surface area contributed by atoms with Crippen LogP contribution in [-0.4, -0.2) is 32.0 Å². The van der Waals surface area contributed by atoms with Crippen LogP contribution < -0.4 is 5.73 Å². The molecule has 94 valence electrons. The zero-order chi connectivity index (χ0) is 12.7. The van der Waals surface area contributed by atoms with Gasteiger partial charge in [-0.05, 0) is 25.1 Å². The summed E-state index contributed by atoms with van der Waals surface area (Å²) in [7, 11) is 1.65. The minimum Gasteiger partial charge on any atom is -0.462 e. The Labute approximate surface area is 105 Å². The number of thioether (sulfide) groups is 1. The van der Waals surface area contributed by atoms with Gasteiger partial charge in [0, 0.05) is 23.4 Å². The van der Waals surface area contributed by atoms with E-state index in [1.807, 2.05) is 6.07 Å². The third kappa shape index (κ3) is 4.28. The predicted molar refractivity (Wildman–Crippen MR) is 69.4 cm³/mol. The van der Waals surface area contributed by atoms with E-state index in [9.17, 15) is 4.79 Å². The molecule has 17 heavy (non-hydrogen) atoms. The third-order valence-electron chi connectivity index (χ3n) is 2.04. The first kappa shape index (κ1) is 13.9. The van der Waals surface area contributed by atoms with Crippen molar-refractivity contribution >= 4 is 23.4 Å². The van der Waals surface area contributed by atoms with E-state index in [4.69, 9.17) is 15.2 Å². The smallest absolute Gasteiger partial charge is 0.339 e. The van der Waals surface area contributed by atoms with E-state index >= 15 is 0 Å². The number of carbonyl (C=O) groups is 1. The van der Waals surface area contributed by atoms with Gasteiger partial charge in [-0.3, -0.25) is 0 Å². The minimum absolute atomic E-state index is 0.334. The third-order valence-corrected chi connectivity index (χ3v) is 3.08. The highest BCUT2D eigenvalue weighted by Crippen LogP contribution is 2.25. The molecule has 0 aliphatic carbocycles. The fourth-order valence-electron chi connectivity index (χ4n) is 1.28. The van der Waals surface area contributed by atoms with Crippen molar-refractivity contribution in [2.24, 2.45) is 0 Å². The van der Waals surface area contributed by atoms with Crippen molar-refractivity contribution < 1.29 is 14.3 Å². The van der Waals surface area contributed by atoms with Gasteiger partial charge >= 0.3 is 5.97 Å². The average Bonchev–Trinajstić information content (AvgIpc) is 2.31. The van der Waals surface area contributed by atoms with Crippen LogP contribution >= 0.6 is 11.8 Å². The maximum atomic E-state index is 11.7. The molecule has 1 rings (SSSR count). The van der Waals surface area contributed by atoms with E-state index in [0.717, 1.165) is 10.6 Å². The largest absolute Gasteiger partial charge is 0.462 e. The predicted octanol–water partition coefficient (Wildman–Crippen LogP) is 2.18. The molecule has 0 aromatic heterocycles. The Morgan fingerprint density at radius 3 is 2.88 bits per heavy atom.